The van der Waals surface area contributed by atoms with E-state index in [1.54, 1.807) is 6.92 Å². The summed E-state index contributed by atoms with van der Waals surface area (Å²) in [5, 5.41) is 5.60. The normalized spacial score (nSPS) is 28.4. The van der Waals surface area contributed by atoms with Crippen LogP contribution in [0.25, 0.3) is 0 Å². The van der Waals surface area contributed by atoms with Crippen LogP contribution < -0.4 is 10.6 Å². The molecule has 1 aliphatic heterocycles. The van der Waals surface area contributed by atoms with Crippen LogP contribution in [0.2, 0.25) is 0 Å². The molecule has 1 saturated carbocycles. The Kier molecular flexibility index (Phi) is 3.46. The van der Waals surface area contributed by atoms with Crippen LogP contribution in [0.3, 0.4) is 0 Å². The zero-order chi connectivity index (χ0) is 14.3. The highest BCUT2D eigenvalue weighted by Crippen LogP contribution is 2.38. The first-order chi connectivity index (χ1) is 9.58. The third-order valence-corrected chi connectivity index (χ3v) is 4.56. The van der Waals surface area contributed by atoms with E-state index in [2.05, 4.69) is 10.6 Å². The van der Waals surface area contributed by atoms with E-state index in [0.29, 0.717) is 17.4 Å². The van der Waals surface area contributed by atoms with Gasteiger partial charge in [-0.2, -0.15) is 0 Å². The fourth-order valence-electron chi connectivity index (χ4n) is 3.45. The van der Waals surface area contributed by atoms with E-state index in [9.17, 15) is 13.6 Å². The van der Waals surface area contributed by atoms with Gasteiger partial charge in [0, 0.05) is 0 Å². The molecule has 1 saturated heterocycles. The molecule has 3 atom stereocenters. The lowest BCUT2D eigenvalue weighted by Gasteiger charge is -2.18. The Morgan fingerprint density at radius 2 is 2.15 bits per heavy atom. The fourth-order valence-corrected chi connectivity index (χ4v) is 3.45. The highest BCUT2D eigenvalue weighted by molar-refractivity contribution is 5.95. The van der Waals surface area contributed by atoms with Gasteiger partial charge in [-0.05, 0) is 49.8 Å². The summed E-state index contributed by atoms with van der Waals surface area (Å²) in [5.74, 6) is -0.937. The lowest BCUT2D eigenvalue weighted by molar-refractivity contribution is -0.118. The highest BCUT2D eigenvalue weighted by atomic mass is 19.1. The van der Waals surface area contributed by atoms with E-state index in [4.69, 9.17) is 0 Å². The maximum Gasteiger partial charge on any atom is 0.241 e. The molecule has 2 aliphatic rings. The number of hydrogen-bond acceptors (Lipinski definition) is 2. The minimum atomic E-state index is -0.734. The molecule has 20 heavy (non-hydrogen) atoms. The average molecular weight is 280 g/mol. The molecule has 1 aromatic carbocycles. The van der Waals surface area contributed by atoms with Gasteiger partial charge in [0.25, 0.3) is 0 Å². The van der Waals surface area contributed by atoms with E-state index in [1.807, 2.05) is 0 Å². The van der Waals surface area contributed by atoms with Gasteiger partial charge in [0.05, 0.1) is 6.04 Å². The number of carbonyl (C=O) groups excluding carboxylic acids is 1. The molecule has 5 heteroatoms. The summed E-state index contributed by atoms with van der Waals surface area (Å²) in [6.45, 7) is 2.37. The van der Waals surface area contributed by atoms with Crippen molar-refractivity contribution in [1.82, 2.24) is 5.32 Å². The molecule has 108 valence electrons. The lowest BCUT2D eigenvalue weighted by atomic mass is 9.93. The number of aryl methyl sites for hydroxylation is 1. The Labute approximate surface area is 116 Å². The molecule has 2 N–H and O–H groups in total. The topological polar surface area (TPSA) is 41.1 Å². The maximum atomic E-state index is 13.9. The van der Waals surface area contributed by atoms with E-state index >= 15 is 0 Å². The molecule has 0 bridgehead atoms. The largest absolute Gasteiger partial charge is 0.320 e. The predicted octanol–water partition coefficient (Wildman–Crippen LogP) is 2.60. The zero-order valence-corrected chi connectivity index (χ0v) is 11.4. The van der Waals surface area contributed by atoms with E-state index in [0.717, 1.165) is 25.8 Å². The highest BCUT2D eigenvalue weighted by Gasteiger charge is 2.42. The Morgan fingerprint density at radius 3 is 2.95 bits per heavy atom. The van der Waals surface area contributed by atoms with Crippen molar-refractivity contribution in [3.63, 3.8) is 0 Å². The fraction of sp³-hybridized carbons (Fsp3) is 0.533. The Bertz CT molecular complexity index is 547. The molecule has 3 unspecified atom stereocenters. The second kappa shape index (κ2) is 5.13. The van der Waals surface area contributed by atoms with Crippen molar-refractivity contribution in [3.8, 4) is 0 Å². The van der Waals surface area contributed by atoms with Gasteiger partial charge in [0.1, 0.15) is 11.5 Å². The molecule has 1 aliphatic carbocycles. The van der Waals surface area contributed by atoms with Crippen LogP contribution in [-0.4, -0.2) is 18.5 Å². The first-order valence-corrected chi connectivity index (χ1v) is 7.07. The number of hydrogen-bond donors (Lipinski definition) is 2. The Hall–Kier alpha value is -1.49. The SMILES string of the molecule is Cc1ccc(F)c(NC(=O)C2NCC3CCCC32)c1F. The first-order valence-electron chi connectivity index (χ1n) is 7.07. The summed E-state index contributed by atoms with van der Waals surface area (Å²) in [5.41, 5.74) is -0.0157. The van der Waals surface area contributed by atoms with Gasteiger partial charge in [-0.1, -0.05) is 12.5 Å². The number of carbonyl (C=O) groups is 1. The third-order valence-electron chi connectivity index (χ3n) is 4.56. The van der Waals surface area contributed by atoms with Gasteiger partial charge in [0.15, 0.2) is 5.82 Å². The van der Waals surface area contributed by atoms with Crippen molar-refractivity contribution in [2.75, 3.05) is 11.9 Å². The Balaban J connectivity index is 1.78. The summed E-state index contributed by atoms with van der Waals surface area (Å²) in [4.78, 5) is 12.3. The van der Waals surface area contributed by atoms with Crippen LogP contribution in [-0.2, 0) is 4.79 Å². The number of nitrogens with one attached hydrogen (secondary N) is 2. The molecule has 3 rings (SSSR count). The monoisotopic (exact) mass is 280 g/mol. The van der Waals surface area contributed by atoms with Gasteiger partial charge in [-0.25, -0.2) is 8.78 Å². The van der Waals surface area contributed by atoms with Crippen molar-refractivity contribution < 1.29 is 13.6 Å². The summed E-state index contributed by atoms with van der Waals surface area (Å²) < 4.78 is 27.6. The summed E-state index contributed by atoms with van der Waals surface area (Å²) in [6.07, 6.45) is 3.27. The number of halogens is 2. The summed E-state index contributed by atoms with van der Waals surface area (Å²) in [7, 11) is 0. The number of rotatable bonds is 2. The van der Waals surface area contributed by atoms with Gasteiger partial charge in [-0.3, -0.25) is 4.79 Å². The number of fused-ring (bicyclic) bond motifs is 1. The summed E-state index contributed by atoms with van der Waals surface area (Å²) in [6, 6.07) is 2.21. The van der Waals surface area contributed by atoms with E-state index < -0.39 is 11.6 Å². The third kappa shape index (κ3) is 2.20. The van der Waals surface area contributed by atoms with Gasteiger partial charge >= 0.3 is 0 Å². The minimum Gasteiger partial charge on any atom is -0.320 e. The van der Waals surface area contributed by atoms with Crippen LogP contribution in [0, 0.1) is 30.4 Å². The van der Waals surface area contributed by atoms with Crippen molar-refractivity contribution in [3.05, 3.63) is 29.3 Å². The molecular weight excluding hydrogens is 262 g/mol. The van der Waals surface area contributed by atoms with E-state index in [-0.39, 0.29) is 17.6 Å². The first kappa shape index (κ1) is 13.5. The molecule has 0 spiro atoms. The molecule has 2 fully saturated rings. The zero-order valence-electron chi connectivity index (χ0n) is 11.4. The smallest absolute Gasteiger partial charge is 0.241 e. The predicted molar refractivity (Wildman–Crippen MR) is 72.3 cm³/mol. The number of anilines is 1. The molecule has 1 amide bonds. The van der Waals surface area contributed by atoms with Crippen molar-refractivity contribution in [2.45, 2.75) is 32.2 Å². The Morgan fingerprint density at radius 1 is 1.35 bits per heavy atom. The maximum absolute atomic E-state index is 13.9. The number of benzene rings is 1. The van der Waals surface area contributed by atoms with Crippen molar-refractivity contribution >= 4 is 11.6 Å². The quantitative estimate of drug-likeness (QED) is 0.874. The standard InChI is InChI=1S/C15H18F2N2O/c1-8-5-6-11(16)14(12(8)17)19-15(20)13-10-4-2-3-9(10)7-18-13/h5-6,9-10,13,18H,2-4,7H2,1H3,(H,19,20). The summed E-state index contributed by atoms with van der Waals surface area (Å²) >= 11 is 0. The van der Waals surface area contributed by atoms with Crippen molar-refractivity contribution in [1.29, 1.82) is 0 Å². The van der Waals surface area contributed by atoms with Crippen LogP contribution in [0.1, 0.15) is 24.8 Å². The van der Waals surface area contributed by atoms with Gasteiger partial charge in [0.2, 0.25) is 5.91 Å². The van der Waals surface area contributed by atoms with Gasteiger partial charge < -0.3 is 10.6 Å². The lowest BCUT2D eigenvalue weighted by Crippen LogP contribution is -2.40. The van der Waals surface area contributed by atoms with Crippen LogP contribution in [0.5, 0.6) is 0 Å². The van der Waals surface area contributed by atoms with Crippen LogP contribution in [0.4, 0.5) is 14.5 Å². The minimum absolute atomic E-state index is 0.297. The molecule has 3 nitrogen and oxygen atoms in total. The van der Waals surface area contributed by atoms with Crippen LogP contribution >= 0.6 is 0 Å². The average Bonchev–Trinajstić information content (AvgIpc) is 3.01. The molecular formula is C15H18F2N2O. The molecule has 0 aromatic heterocycles. The second-order valence-corrected chi connectivity index (χ2v) is 5.78. The van der Waals surface area contributed by atoms with Crippen molar-refractivity contribution in [2.24, 2.45) is 11.8 Å². The second-order valence-electron chi connectivity index (χ2n) is 5.78. The molecule has 1 heterocycles. The number of amides is 1. The van der Waals surface area contributed by atoms with Gasteiger partial charge in [-0.15, -0.1) is 0 Å². The molecule has 1 aromatic rings. The van der Waals surface area contributed by atoms with E-state index in [1.165, 1.54) is 12.1 Å². The van der Waals surface area contributed by atoms with Crippen LogP contribution in [0.15, 0.2) is 12.1 Å². The molecule has 0 radical (unpaired) electrons.